The number of benzene rings is 3. The highest BCUT2D eigenvalue weighted by molar-refractivity contribution is 7.89. The number of rotatable bonds is 5. The van der Waals surface area contributed by atoms with Gasteiger partial charge in [-0.2, -0.15) is 13.2 Å². The highest BCUT2D eigenvalue weighted by atomic mass is 32.2. The monoisotopic (exact) mass is 419 g/mol. The number of carbonyl (C=O) groups excluding carboxylic acids is 1. The summed E-state index contributed by atoms with van der Waals surface area (Å²) < 4.78 is 30.7. The normalized spacial score (nSPS) is 11.9. The largest absolute Gasteiger partial charge is 0.436 e. The number of carbonyl (C=O) groups is 1. The highest BCUT2D eigenvalue weighted by Crippen LogP contribution is 2.14. The maximum Gasteiger partial charge on any atom is 0.276 e. The predicted molar refractivity (Wildman–Crippen MR) is 113 cm³/mol. The van der Waals surface area contributed by atoms with Crippen molar-refractivity contribution in [2.75, 3.05) is 5.32 Å². The summed E-state index contributed by atoms with van der Waals surface area (Å²) >= 11 is 0. The fourth-order valence-electron chi connectivity index (χ4n) is 2.79. The van der Waals surface area contributed by atoms with E-state index in [-0.39, 0.29) is 16.0 Å². The van der Waals surface area contributed by atoms with Crippen molar-refractivity contribution in [3.63, 3.8) is 0 Å². The Morgan fingerprint density at radius 2 is 1.47 bits per heavy atom. The summed E-state index contributed by atoms with van der Waals surface area (Å²) in [6.07, 6.45) is 0. The number of hydrogen-bond acceptors (Lipinski definition) is 5. The molecular weight excluding hydrogens is 402 g/mol. The SMILES string of the molecule is O=C(Nc1ccccc1)c1cc2ccccc2o/c1=N/NS(=O)(=O)c1ccccc1. The standard InChI is InChI=1S/C22H17N3O4S/c26-21(23-17-10-3-1-4-11-17)19-15-16-9-7-8-14-20(16)29-22(19)24-25-30(27,28)18-12-5-2-6-13-18/h1-15,25H,(H,23,26)/b24-22+. The van der Waals surface area contributed by atoms with E-state index in [4.69, 9.17) is 4.42 Å². The lowest BCUT2D eigenvalue weighted by molar-refractivity contribution is 0.102. The zero-order valence-electron chi connectivity index (χ0n) is 15.6. The molecule has 0 fully saturated rings. The van der Waals surface area contributed by atoms with Crippen LogP contribution in [0.1, 0.15) is 10.4 Å². The Bertz CT molecular complexity index is 1370. The zero-order valence-corrected chi connectivity index (χ0v) is 16.5. The molecule has 0 spiro atoms. The molecule has 0 bridgehead atoms. The van der Waals surface area contributed by atoms with E-state index in [1.165, 1.54) is 12.1 Å². The first-order valence-corrected chi connectivity index (χ1v) is 10.5. The van der Waals surface area contributed by atoms with Gasteiger partial charge in [0.25, 0.3) is 15.9 Å². The van der Waals surface area contributed by atoms with E-state index < -0.39 is 15.9 Å². The Kier molecular flexibility index (Phi) is 5.32. The van der Waals surface area contributed by atoms with Crippen LogP contribution in [0, 0.1) is 0 Å². The maximum absolute atomic E-state index is 12.9. The van der Waals surface area contributed by atoms with Crippen molar-refractivity contribution < 1.29 is 17.6 Å². The van der Waals surface area contributed by atoms with Crippen molar-refractivity contribution in [1.29, 1.82) is 0 Å². The number of amides is 1. The number of sulfonamides is 1. The molecule has 0 aliphatic carbocycles. The van der Waals surface area contributed by atoms with E-state index in [2.05, 4.69) is 15.2 Å². The van der Waals surface area contributed by atoms with Crippen molar-refractivity contribution in [3.05, 3.63) is 102 Å². The van der Waals surface area contributed by atoms with Crippen LogP contribution in [0.25, 0.3) is 11.0 Å². The summed E-state index contributed by atoms with van der Waals surface area (Å²) in [4.78, 5) is 15.0. The van der Waals surface area contributed by atoms with Gasteiger partial charge in [-0.25, -0.2) is 0 Å². The number of fused-ring (bicyclic) bond motifs is 1. The summed E-state index contributed by atoms with van der Waals surface area (Å²) in [6.45, 7) is 0. The van der Waals surface area contributed by atoms with Gasteiger partial charge >= 0.3 is 0 Å². The molecule has 0 saturated heterocycles. The van der Waals surface area contributed by atoms with Gasteiger partial charge in [0, 0.05) is 11.1 Å². The van der Waals surface area contributed by atoms with Gasteiger partial charge in [0.1, 0.15) is 11.1 Å². The van der Waals surface area contributed by atoms with Crippen LogP contribution < -0.4 is 15.7 Å². The number of hydrogen-bond donors (Lipinski definition) is 2. The van der Waals surface area contributed by atoms with Crippen LogP contribution in [-0.2, 0) is 10.0 Å². The van der Waals surface area contributed by atoms with Gasteiger partial charge in [-0.15, -0.1) is 5.10 Å². The zero-order chi connectivity index (χ0) is 21.0. The third-order valence-electron chi connectivity index (χ3n) is 4.25. The van der Waals surface area contributed by atoms with Crippen LogP contribution in [0.15, 0.2) is 105 Å². The number of nitrogens with one attached hydrogen (secondary N) is 2. The first-order valence-electron chi connectivity index (χ1n) is 9.03. The molecule has 1 aromatic heterocycles. The average Bonchev–Trinajstić information content (AvgIpc) is 2.78. The minimum absolute atomic E-state index is 0.0461. The highest BCUT2D eigenvalue weighted by Gasteiger charge is 2.16. The lowest BCUT2D eigenvalue weighted by Gasteiger charge is -2.07. The molecule has 0 aliphatic heterocycles. The van der Waals surface area contributed by atoms with Crippen LogP contribution in [-0.4, -0.2) is 14.3 Å². The van der Waals surface area contributed by atoms with Crippen molar-refractivity contribution in [2.45, 2.75) is 4.90 Å². The van der Waals surface area contributed by atoms with Crippen molar-refractivity contribution in [1.82, 2.24) is 4.83 Å². The van der Waals surface area contributed by atoms with E-state index in [1.807, 2.05) is 12.1 Å². The molecule has 4 rings (SSSR count). The number of para-hydroxylation sites is 2. The summed E-state index contributed by atoms with van der Waals surface area (Å²) in [5.41, 5.74) is 0.993. The second-order valence-electron chi connectivity index (χ2n) is 6.34. The molecule has 2 N–H and O–H groups in total. The van der Waals surface area contributed by atoms with E-state index in [1.54, 1.807) is 66.7 Å². The van der Waals surface area contributed by atoms with Gasteiger partial charge in [-0.05, 0) is 36.4 Å². The molecule has 0 aliphatic rings. The smallest absolute Gasteiger partial charge is 0.276 e. The van der Waals surface area contributed by atoms with Gasteiger partial charge in [0.05, 0.1) is 4.90 Å². The van der Waals surface area contributed by atoms with Gasteiger partial charge in [-0.1, -0.05) is 54.6 Å². The molecule has 8 heteroatoms. The average molecular weight is 419 g/mol. The van der Waals surface area contributed by atoms with Crippen LogP contribution >= 0.6 is 0 Å². The van der Waals surface area contributed by atoms with Crippen molar-refractivity contribution in [3.8, 4) is 0 Å². The fraction of sp³-hybridized carbons (Fsp3) is 0. The molecule has 0 saturated carbocycles. The van der Waals surface area contributed by atoms with E-state index in [0.717, 1.165) is 0 Å². The Hall–Kier alpha value is -3.91. The van der Waals surface area contributed by atoms with Crippen molar-refractivity contribution >= 4 is 32.6 Å². The van der Waals surface area contributed by atoms with Gasteiger partial charge in [0.15, 0.2) is 0 Å². The predicted octanol–water partition coefficient (Wildman–Crippen LogP) is 3.48. The molecule has 1 heterocycles. The van der Waals surface area contributed by atoms with Gasteiger partial charge in [0.2, 0.25) is 5.55 Å². The van der Waals surface area contributed by atoms with E-state index in [9.17, 15) is 13.2 Å². The molecule has 3 aromatic carbocycles. The van der Waals surface area contributed by atoms with Gasteiger partial charge in [-0.3, -0.25) is 4.79 Å². The molecule has 0 unspecified atom stereocenters. The second kappa shape index (κ2) is 8.22. The summed E-state index contributed by atoms with van der Waals surface area (Å²) in [7, 11) is -3.92. The van der Waals surface area contributed by atoms with Crippen molar-refractivity contribution in [2.24, 2.45) is 5.10 Å². The molecule has 150 valence electrons. The quantitative estimate of drug-likeness (QED) is 0.484. The first-order chi connectivity index (χ1) is 14.5. The van der Waals surface area contributed by atoms with Crippen LogP contribution in [0.5, 0.6) is 0 Å². The topological polar surface area (TPSA) is 101 Å². The lowest BCUT2D eigenvalue weighted by atomic mass is 10.1. The summed E-state index contributed by atoms with van der Waals surface area (Å²) in [6, 6.07) is 25.4. The molecule has 0 atom stereocenters. The van der Waals surface area contributed by atoms with Crippen LogP contribution in [0.4, 0.5) is 5.69 Å². The maximum atomic E-state index is 12.9. The number of nitrogens with zero attached hydrogens (tertiary/aromatic N) is 1. The Labute approximate surface area is 172 Å². The molecule has 7 nitrogen and oxygen atoms in total. The minimum Gasteiger partial charge on any atom is -0.436 e. The van der Waals surface area contributed by atoms with E-state index in [0.29, 0.717) is 16.7 Å². The Morgan fingerprint density at radius 1 is 0.833 bits per heavy atom. The minimum atomic E-state index is -3.92. The molecule has 0 radical (unpaired) electrons. The lowest BCUT2D eigenvalue weighted by Crippen LogP contribution is -2.27. The van der Waals surface area contributed by atoms with E-state index >= 15 is 0 Å². The Morgan fingerprint density at radius 3 is 2.20 bits per heavy atom. The summed E-state index contributed by atoms with van der Waals surface area (Å²) in [5.74, 6) is -0.478. The first kappa shape index (κ1) is 19.4. The third-order valence-corrected chi connectivity index (χ3v) is 5.48. The summed E-state index contributed by atoms with van der Waals surface area (Å²) in [5, 5.41) is 7.34. The van der Waals surface area contributed by atoms with Crippen LogP contribution in [0.2, 0.25) is 0 Å². The second-order valence-corrected chi connectivity index (χ2v) is 8.00. The number of anilines is 1. The molecule has 4 aromatic rings. The molecule has 30 heavy (non-hydrogen) atoms. The van der Waals surface area contributed by atoms with Crippen LogP contribution in [0.3, 0.4) is 0 Å². The Balaban J connectivity index is 1.76. The van der Waals surface area contributed by atoms with Gasteiger partial charge < -0.3 is 9.73 Å². The molecule has 1 amide bonds. The third kappa shape index (κ3) is 4.23. The fourth-order valence-corrected chi connectivity index (χ4v) is 3.61. The molecular formula is C22H17N3O4S.